The van der Waals surface area contributed by atoms with Crippen molar-refractivity contribution in [3.63, 3.8) is 0 Å². The maximum absolute atomic E-state index is 6.67. The molecule has 0 fully saturated rings. The Labute approximate surface area is 361 Å². The Hall–Kier alpha value is -8.61. The number of para-hydroxylation sites is 3. The number of furan rings is 1. The zero-order chi connectivity index (χ0) is 41.4. The molecule has 13 aromatic rings. The number of benzene rings is 9. The number of fused-ring (bicyclic) bond motifs is 10. The van der Waals surface area contributed by atoms with Crippen molar-refractivity contribution in [2.75, 3.05) is 0 Å². The summed E-state index contributed by atoms with van der Waals surface area (Å²) in [6.07, 6.45) is 0. The van der Waals surface area contributed by atoms with Gasteiger partial charge in [-0.3, -0.25) is 0 Å². The van der Waals surface area contributed by atoms with E-state index in [2.05, 4.69) is 155 Å². The van der Waals surface area contributed by atoms with Gasteiger partial charge in [0.05, 0.1) is 22.1 Å². The standard InChI is InChI=1S/C57H35N5O/c1-3-15-36(16-4-1)55-58-56(37-17-5-2-6-18-37)60-57(59-55)40-21-13-19-38(33-40)39-20-14-22-41(34-39)61-49-26-10-8-24-44(49)48-35-42(29-32-51(48)61)62-50-27-11-7-23-43(50)46-30-31-47-45-25-9-12-28-52(45)63-54(47)53(46)62/h1-35H. The summed E-state index contributed by atoms with van der Waals surface area (Å²) in [4.78, 5) is 14.9. The second kappa shape index (κ2) is 14.0. The van der Waals surface area contributed by atoms with Crippen LogP contribution in [-0.2, 0) is 0 Å². The highest BCUT2D eigenvalue weighted by Crippen LogP contribution is 2.42. The predicted octanol–water partition coefficient (Wildman–Crippen LogP) is 14.6. The van der Waals surface area contributed by atoms with Crippen LogP contribution in [0.3, 0.4) is 0 Å². The summed E-state index contributed by atoms with van der Waals surface area (Å²) in [6, 6.07) is 74.5. The van der Waals surface area contributed by atoms with Crippen molar-refractivity contribution < 1.29 is 4.42 Å². The molecule has 4 aromatic heterocycles. The van der Waals surface area contributed by atoms with Gasteiger partial charge < -0.3 is 13.6 Å². The molecule has 13 rings (SSSR count). The van der Waals surface area contributed by atoms with Gasteiger partial charge in [-0.2, -0.15) is 0 Å². The van der Waals surface area contributed by atoms with Crippen LogP contribution in [0.1, 0.15) is 0 Å². The van der Waals surface area contributed by atoms with Gasteiger partial charge in [-0.05, 0) is 71.8 Å². The molecule has 0 unspecified atom stereocenters. The average molecular weight is 806 g/mol. The van der Waals surface area contributed by atoms with Crippen LogP contribution in [0.4, 0.5) is 0 Å². The number of rotatable bonds is 6. The maximum atomic E-state index is 6.67. The summed E-state index contributed by atoms with van der Waals surface area (Å²) in [5.41, 5.74) is 13.4. The Morgan fingerprint density at radius 2 is 0.810 bits per heavy atom. The Morgan fingerprint density at radius 3 is 1.54 bits per heavy atom. The Bertz CT molecular complexity index is 3860. The number of hydrogen-bond acceptors (Lipinski definition) is 4. The van der Waals surface area contributed by atoms with Crippen molar-refractivity contribution in [1.82, 2.24) is 24.1 Å². The van der Waals surface area contributed by atoms with E-state index in [1.165, 1.54) is 21.5 Å². The van der Waals surface area contributed by atoms with E-state index in [1.807, 2.05) is 66.7 Å². The highest BCUT2D eigenvalue weighted by Gasteiger charge is 2.21. The fourth-order valence-corrected chi connectivity index (χ4v) is 9.48. The van der Waals surface area contributed by atoms with Crippen LogP contribution in [0.2, 0.25) is 0 Å². The third-order valence-electron chi connectivity index (χ3n) is 12.4. The molecule has 294 valence electrons. The molecule has 63 heavy (non-hydrogen) atoms. The van der Waals surface area contributed by atoms with Crippen molar-refractivity contribution in [3.8, 4) is 56.7 Å². The van der Waals surface area contributed by atoms with Crippen molar-refractivity contribution in [2.24, 2.45) is 0 Å². The minimum atomic E-state index is 0.628. The zero-order valence-corrected chi connectivity index (χ0v) is 33.9. The van der Waals surface area contributed by atoms with Gasteiger partial charge in [0.15, 0.2) is 23.1 Å². The van der Waals surface area contributed by atoms with Gasteiger partial charge in [-0.1, -0.05) is 152 Å². The first-order valence-corrected chi connectivity index (χ1v) is 21.2. The summed E-state index contributed by atoms with van der Waals surface area (Å²) in [6.45, 7) is 0. The van der Waals surface area contributed by atoms with Crippen LogP contribution in [0.15, 0.2) is 217 Å². The summed E-state index contributed by atoms with van der Waals surface area (Å²) >= 11 is 0. The van der Waals surface area contributed by atoms with Gasteiger partial charge in [-0.25, -0.2) is 15.0 Å². The molecule has 0 N–H and O–H groups in total. The Kier molecular flexibility index (Phi) is 7.80. The van der Waals surface area contributed by atoms with Gasteiger partial charge in [0, 0.05) is 60.4 Å². The van der Waals surface area contributed by atoms with Crippen LogP contribution in [0, 0.1) is 0 Å². The monoisotopic (exact) mass is 805 g/mol. The molecule has 0 radical (unpaired) electrons. The topological polar surface area (TPSA) is 61.7 Å². The second-order valence-electron chi connectivity index (χ2n) is 16.0. The molecular formula is C57H35N5O. The SMILES string of the molecule is c1ccc(-c2nc(-c3ccccc3)nc(-c3cccc(-c4cccc(-n5c6ccccc6c6cc(-n7c8ccccc8c8ccc9c%10ccccc%10oc9c87)ccc65)c4)c3)n2)cc1. The molecular weight excluding hydrogens is 771 g/mol. The van der Waals surface area contributed by atoms with E-state index >= 15 is 0 Å². The van der Waals surface area contributed by atoms with Gasteiger partial charge in [0.25, 0.3) is 0 Å². The molecule has 0 saturated heterocycles. The minimum absolute atomic E-state index is 0.628. The Balaban J connectivity index is 0.950. The first-order chi connectivity index (χ1) is 31.2. The van der Waals surface area contributed by atoms with Crippen LogP contribution >= 0.6 is 0 Å². The predicted molar refractivity (Wildman–Crippen MR) is 258 cm³/mol. The van der Waals surface area contributed by atoms with Crippen LogP contribution in [0.25, 0.3) is 122 Å². The molecule has 9 aromatic carbocycles. The van der Waals surface area contributed by atoms with E-state index < -0.39 is 0 Å². The third kappa shape index (κ3) is 5.62. The highest BCUT2D eigenvalue weighted by molar-refractivity contribution is 6.21. The van der Waals surface area contributed by atoms with E-state index in [9.17, 15) is 0 Å². The highest BCUT2D eigenvalue weighted by atomic mass is 16.3. The van der Waals surface area contributed by atoms with E-state index in [0.717, 1.165) is 83.2 Å². The average Bonchev–Trinajstić information content (AvgIpc) is 4.02. The first kappa shape index (κ1) is 35.2. The van der Waals surface area contributed by atoms with E-state index in [0.29, 0.717) is 17.5 Å². The Morgan fingerprint density at radius 1 is 0.302 bits per heavy atom. The van der Waals surface area contributed by atoms with Crippen molar-refractivity contribution in [3.05, 3.63) is 212 Å². The van der Waals surface area contributed by atoms with E-state index in [4.69, 9.17) is 19.4 Å². The first-order valence-electron chi connectivity index (χ1n) is 21.2. The summed E-state index contributed by atoms with van der Waals surface area (Å²) < 4.78 is 11.4. The molecule has 0 spiro atoms. The zero-order valence-electron chi connectivity index (χ0n) is 33.9. The number of aromatic nitrogens is 5. The van der Waals surface area contributed by atoms with E-state index in [1.54, 1.807) is 0 Å². The van der Waals surface area contributed by atoms with Gasteiger partial charge in [0.2, 0.25) is 0 Å². The van der Waals surface area contributed by atoms with Crippen LogP contribution in [-0.4, -0.2) is 24.1 Å². The lowest BCUT2D eigenvalue weighted by atomic mass is 10.0. The number of nitrogens with zero attached hydrogens (tertiary/aromatic N) is 5. The lowest BCUT2D eigenvalue weighted by Crippen LogP contribution is -2.00. The minimum Gasteiger partial charge on any atom is -0.454 e. The second-order valence-corrected chi connectivity index (χ2v) is 16.0. The summed E-state index contributed by atoms with van der Waals surface area (Å²) in [7, 11) is 0. The quantitative estimate of drug-likeness (QED) is 0.168. The molecule has 0 aliphatic carbocycles. The molecule has 4 heterocycles. The van der Waals surface area contributed by atoms with Gasteiger partial charge >= 0.3 is 0 Å². The van der Waals surface area contributed by atoms with Crippen molar-refractivity contribution in [2.45, 2.75) is 0 Å². The summed E-state index contributed by atoms with van der Waals surface area (Å²) in [5, 5.41) is 6.98. The van der Waals surface area contributed by atoms with Gasteiger partial charge in [-0.15, -0.1) is 0 Å². The lowest BCUT2D eigenvalue weighted by molar-refractivity contribution is 0.671. The number of hydrogen-bond donors (Lipinski definition) is 0. The largest absolute Gasteiger partial charge is 0.454 e. The molecule has 6 nitrogen and oxygen atoms in total. The van der Waals surface area contributed by atoms with E-state index in [-0.39, 0.29) is 0 Å². The smallest absolute Gasteiger partial charge is 0.164 e. The van der Waals surface area contributed by atoms with Crippen molar-refractivity contribution in [1.29, 1.82) is 0 Å². The molecule has 0 saturated carbocycles. The molecule has 0 amide bonds. The molecule has 0 aliphatic rings. The van der Waals surface area contributed by atoms with Gasteiger partial charge in [0.1, 0.15) is 5.58 Å². The fraction of sp³-hybridized carbons (Fsp3) is 0. The van der Waals surface area contributed by atoms with Crippen molar-refractivity contribution >= 4 is 65.6 Å². The third-order valence-corrected chi connectivity index (χ3v) is 12.4. The van der Waals surface area contributed by atoms with Crippen LogP contribution < -0.4 is 0 Å². The normalized spacial score (nSPS) is 11.8. The fourth-order valence-electron chi connectivity index (χ4n) is 9.48. The summed E-state index contributed by atoms with van der Waals surface area (Å²) in [5.74, 6) is 1.91. The van der Waals surface area contributed by atoms with Crippen LogP contribution in [0.5, 0.6) is 0 Å². The molecule has 0 aliphatic heterocycles. The molecule has 6 heteroatoms. The molecule has 0 bridgehead atoms. The lowest BCUT2D eigenvalue weighted by Gasteiger charge is -2.12. The molecule has 0 atom stereocenters. The maximum Gasteiger partial charge on any atom is 0.164 e.